The van der Waals surface area contributed by atoms with Crippen LogP contribution < -0.4 is 5.43 Å². The Bertz CT molecular complexity index is 967. The predicted molar refractivity (Wildman–Crippen MR) is 94.6 cm³/mol. The second-order valence-electron chi connectivity index (χ2n) is 5.37. The molecular formula is C16H12Cl3N3O. The molecule has 0 saturated carbocycles. The van der Waals surface area contributed by atoms with E-state index in [0.29, 0.717) is 26.7 Å². The van der Waals surface area contributed by atoms with Gasteiger partial charge in [0.15, 0.2) is 5.43 Å². The summed E-state index contributed by atoms with van der Waals surface area (Å²) < 4.78 is 1.98. The van der Waals surface area contributed by atoms with Crippen molar-refractivity contribution >= 4 is 45.7 Å². The monoisotopic (exact) mass is 367 g/mol. The van der Waals surface area contributed by atoms with E-state index in [-0.39, 0.29) is 16.8 Å². The summed E-state index contributed by atoms with van der Waals surface area (Å²) in [7, 11) is 0. The highest BCUT2D eigenvalue weighted by molar-refractivity contribution is 6.36. The van der Waals surface area contributed by atoms with Gasteiger partial charge in [-0.3, -0.25) is 4.79 Å². The lowest BCUT2D eigenvalue weighted by atomic mass is 10.1. The van der Waals surface area contributed by atoms with Gasteiger partial charge in [0.2, 0.25) is 5.28 Å². The number of pyridine rings is 1. The van der Waals surface area contributed by atoms with E-state index in [0.717, 1.165) is 5.52 Å². The van der Waals surface area contributed by atoms with Crippen molar-refractivity contribution in [2.75, 3.05) is 0 Å². The molecule has 0 aliphatic rings. The second-order valence-corrected chi connectivity index (χ2v) is 6.52. The van der Waals surface area contributed by atoms with E-state index in [4.69, 9.17) is 34.8 Å². The molecule has 23 heavy (non-hydrogen) atoms. The molecular weight excluding hydrogens is 357 g/mol. The molecule has 0 atom stereocenters. The number of hydrogen-bond donors (Lipinski definition) is 0. The summed E-state index contributed by atoms with van der Waals surface area (Å²) in [6.07, 6.45) is 3.19. The van der Waals surface area contributed by atoms with Crippen LogP contribution in [0.25, 0.3) is 22.2 Å². The van der Waals surface area contributed by atoms with Crippen molar-refractivity contribution in [2.45, 2.75) is 19.9 Å². The second kappa shape index (κ2) is 6.11. The summed E-state index contributed by atoms with van der Waals surface area (Å²) in [5.74, 6) is 0. The van der Waals surface area contributed by atoms with Crippen molar-refractivity contribution in [1.82, 2.24) is 14.5 Å². The molecule has 0 spiro atoms. The summed E-state index contributed by atoms with van der Waals surface area (Å²) in [5, 5.41) is 1.28. The van der Waals surface area contributed by atoms with Crippen molar-refractivity contribution < 1.29 is 0 Å². The largest absolute Gasteiger partial charge is 0.345 e. The van der Waals surface area contributed by atoms with E-state index in [9.17, 15) is 4.79 Å². The Morgan fingerprint density at radius 1 is 1.13 bits per heavy atom. The number of halogens is 3. The van der Waals surface area contributed by atoms with Crippen molar-refractivity contribution in [3.05, 3.63) is 56.1 Å². The molecule has 4 nitrogen and oxygen atoms in total. The van der Waals surface area contributed by atoms with Gasteiger partial charge in [-0.25, -0.2) is 9.97 Å². The van der Waals surface area contributed by atoms with Gasteiger partial charge in [-0.1, -0.05) is 23.2 Å². The minimum absolute atomic E-state index is 0.0925. The first kappa shape index (κ1) is 16.2. The number of aromatic nitrogens is 3. The number of nitrogens with zero attached hydrogens (tertiary/aromatic N) is 3. The summed E-state index contributed by atoms with van der Waals surface area (Å²) in [6, 6.07) is 5.18. The molecule has 118 valence electrons. The third kappa shape index (κ3) is 2.94. The maximum atomic E-state index is 12.2. The minimum atomic E-state index is -0.125. The van der Waals surface area contributed by atoms with E-state index >= 15 is 0 Å². The van der Waals surface area contributed by atoms with E-state index < -0.39 is 0 Å². The number of rotatable bonds is 2. The SMILES string of the molecule is CC(C)n1ccc(=O)c2c(Cl)cc(-c3nc(Cl)ncc3Cl)cc21. The van der Waals surface area contributed by atoms with Crippen LogP contribution in [0.15, 0.2) is 35.4 Å². The summed E-state index contributed by atoms with van der Waals surface area (Å²) >= 11 is 18.4. The number of hydrogen-bond acceptors (Lipinski definition) is 3. The molecule has 3 rings (SSSR count). The molecule has 0 N–H and O–H groups in total. The molecule has 0 fully saturated rings. The highest BCUT2D eigenvalue weighted by Crippen LogP contribution is 2.32. The molecule has 2 heterocycles. The van der Waals surface area contributed by atoms with E-state index in [1.165, 1.54) is 12.3 Å². The van der Waals surface area contributed by atoms with Gasteiger partial charge >= 0.3 is 0 Å². The Hall–Kier alpha value is -1.62. The maximum absolute atomic E-state index is 12.2. The van der Waals surface area contributed by atoms with Gasteiger partial charge in [0.25, 0.3) is 0 Å². The van der Waals surface area contributed by atoms with Gasteiger partial charge in [0.1, 0.15) is 0 Å². The number of benzene rings is 1. The maximum Gasteiger partial charge on any atom is 0.222 e. The molecule has 2 aromatic heterocycles. The Kier molecular flexibility index (Phi) is 4.32. The minimum Gasteiger partial charge on any atom is -0.345 e. The lowest BCUT2D eigenvalue weighted by molar-refractivity contribution is 0.618. The Morgan fingerprint density at radius 3 is 2.57 bits per heavy atom. The van der Waals surface area contributed by atoms with E-state index in [1.54, 1.807) is 12.3 Å². The van der Waals surface area contributed by atoms with Crippen LogP contribution in [0.2, 0.25) is 15.3 Å². The van der Waals surface area contributed by atoms with Gasteiger partial charge in [-0.05, 0) is 37.6 Å². The quantitative estimate of drug-likeness (QED) is 0.598. The van der Waals surface area contributed by atoms with Gasteiger partial charge in [0.05, 0.1) is 32.8 Å². The van der Waals surface area contributed by atoms with Crippen LogP contribution in [-0.4, -0.2) is 14.5 Å². The zero-order chi connectivity index (χ0) is 16.7. The normalized spacial score (nSPS) is 11.4. The first-order valence-corrected chi connectivity index (χ1v) is 8.04. The Morgan fingerprint density at radius 2 is 1.87 bits per heavy atom. The van der Waals surface area contributed by atoms with Crippen molar-refractivity contribution in [3.63, 3.8) is 0 Å². The smallest absolute Gasteiger partial charge is 0.222 e. The first-order chi connectivity index (χ1) is 10.9. The van der Waals surface area contributed by atoms with Gasteiger partial charge in [-0.2, -0.15) is 0 Å². The molecule has 7 heteroatoms. The average Bonchev–Trinajstić information content (AvgIpc) is 2.49. The molecule has 0 amide bonds. The van der Waals surface area contributed by atoms with Crippen LogP contribution in [0, 0.1) is 0 Å². The molecule has 1 aromatic carbocycles. The zero-order valence-electron chi connectivity index (χ0n) is 12.3. The topological polar surface area (TPSA) is 47.8 Å². The third-order valence-corrected chi connectivity index (χ3v) is 4.28. The third-order valence-electron chi connectivity index (χ3n) is 3.52. The van der Waals surface area contributed by atoms with Crippen LogP contribution in [-0.2, 0) is 0 Å². The van der Waals surface area contributed by atoms with Crippen molar-refractivity contribution in [2.24, 2.45) is 0 Å². The van der Waals surface area contributed by atoms with E-state index in [2.05, 4.69) is 9.97 Å². The lowest BCUT2D eigenvalue weighted by Gasteiger charge is -2.16. The molecule has 0 saturated heterocycles. The fourth-order valence-electron chi connectivity index (χ4n) is 2.49. The summed E-state index contributed by atoms with van der Waals surface area (Å²) in [6.45, 7) is 4.05. The fraction of sp³-hybridized carbons (Fsp3) is 0.188. The molecule has 0 aliphatic heterocycles. The number of fused-ring (bicyclic) bond motifs is 1. The fourth-order valence-corrected chi connectivity index (χ4v) is 3.13. The first-order valence-electron chi connectivity index (χ1n) is 6.91. The van der Waals surface area contributed by atoms with Crippen LogP contribution in [0.1, 0.15) is 19.9 Å². The zero-order valence-corrected chi connectivity index (χ0v) is 14.6. The molecule has 3 aromatic rings. The highest BCUT2D eigenvalue weighted by atomic mass is 35.5. The van der Waals surface area contributed by atoms with E-state index in [1.807, 2.05) is 24.5 Å². The summed E-state index contributed by atoms with van der Waals surface area (Å²) in [4.78, 5) is 20.2. The molecule has 0 bridgehead atoms. The average molecular weight is 369 g/mol. The Labute approximate surface area is 147 Å². The standard InChI is InChI=1S/C16H12Cl3N3O/c1-8(2)22-4-3-13(23)14-10(17)5-9(6-12(14)22)15-11(18)7-20-16(19)21-15/h3-8H,1-2H3. The predicted octanol–water partition coefficient (Wildman–Crippen LogP) is 5.00. The van der Waals surface area contributed by atoms with Crippen LogP contribution in [0.5, 0.6) is 0 Å². The Balaban J connectivity index is 2.39. The molecule has 0 radical (unpaired) electrons. The van der Waals surface area contributed by atoms with Crippen molar-refractivity contribution in [3.8, 4) is 11.3 Å². The van der Waals surface area contributed by atoms with Gasteiger partial charge < -0.3 is 4.57 Å². The molecule has 0 unspecified atom stereocenters. The van der Waals surface area contributed by atoms with Crippen LogP contribution in [0.4, 0.5) is 0 Å². The van der Waals surface area contributed by atoms with Crippen LogP contribution in [0.3, 0.4) is 0 Å². The van der Waals surface area contributed by atoms with Gasteiger partial charge in [0, 0.05) is 23.9 Å². The van der Waals surface area contributed by atoms with Crippen LogP contribution >= 0.6 is 34.8 Å². The summed E-state index contributed by atoms with van der Waals surface area (Å²) in [5.41, 5.74) is 1.75. The van der Waals surface area contributed by atoms with Crippen molar-refractivity contribution in [1.29, 1.82) is 0 Å². The molecule has 0 aliphatic carbocycles. The highest BCUT2D eigenvalue weighted by Gasteiger charge is 2.14. The lowest BCUT2D eigenvalue weighted by Crippen LogP contribution is -2.10. The van der Waals surface area contributed by atoms with Gasteiger partial charge in [-0.15, -0.1) is 0 Å².